The number of ether oxygens (including phenoxy) is 1. The summed E-state index contributed by atoms with van der Waals surface area (Å²) in [6.45, 7) is 0.100. The van der Waals surface area contributed by atoms with Gasteiger partial charge in [0.2, 0.25) is 6.71 Å². The van der Waals surface area contributed by atoms with Crippen LogP contribution < -0.4 is 32.1 Å². The van der Waals surface area contributed by atoms with Crippen molar-refractivity contribution in [2.75, 3.05) is 0 Å². The average Bonchev–Trinajstić information content (AvgIpc) is 3.85. The predicted molar refractivity (Wildman–Crippen MR) is 256 cm³/mol. The fraction of sp³-hybridized carbons (Fsp3) is 0. The Morgan fingerprint density at radius 1 is 0.517 bits per heavy atom. The van der Waals surface area contributed by atoms with E-state index in [-0.39, 0.29) is 13.4 Å². The van der Waals surface area contributed by atoms with Crippen molar-refractivity contribution in [2.45, 2.75) is 9.79 Å². The molecular weight excluding hydrogens is 766 g/mol. The maximum atomic E-state index is 7.34. The van der Waals surface area contributed by atoms with Gasteiger partial charge < -0.3 is 13.9 Å². The SMILES string of the molecule is c1ccc(C2=[SH]C3=C4B(c5cc6c(cc5O3)Sc3cc(-c5ccccc5)c5c7ccccc7n7c5c3B6c3ccccc3-7)c3ccccc3-n3c4c2c2ccccc23)cc1. The third-order valence-electron chi connectivity index (χ3n) is 13.6. The molecular formula is C53H30B2N2OS2. The van der Waals surface area contributed by atoms with Crippen LogP contribution in [0.25, 0.3) is 60.7 Å². The fourth-order valence-electron chi connectivity index (χ4n) is 11.3. The summed E-state index contributed by atoms with van der Waals surface area (Å²) in [4.78, 5) is 3.89. The second-order valence-corrected chi connectivity index (χ2v) is 18.7. The molecule has 5 aliphatic heterocycles. The molecule has 0 fully saturated rings. The second kappa shape index (κ2) is 11.5. The van der Waals surface area contributed by atoms with Gasteiger partial charge in [0, 0.05) is 53.2 Å². The first kappa shape index (κ1) is 32.2. The summed E-state index contributed by atoms with van der Waals surface area (Å²) < 4.78 is 12.4. The molecule has 5 aliphatic rings. The maximum Gasteiger partial charge on any atom is 0.257 e. The Bertz CT molecular complexity index is 3680. The summed E-state index contributed by atoms with van der Waals surface area (Å²) in [5, 5.41) is 4.97. The van der Waals surface area contributed by atoms with Crippen LogP contribution in [0.4, 0.5) is 0 Å². The highest BCUT2D eigenvalue weighted by atomic mass is 32.2. The van der Waals surface area contributed by atoms with E-state index < -0.39 is 0 Å². The van der Waals surface area contributed by atoms with E-state index in [1.165, 1.54) is 119 Å². The minimum Gasteiger partial charge on any atom is -0.452 e. The summed E-state index contributed by atoms with van der Waals surface area (Å²) in [6, 6.07) is 65.5. The lowest BCUT2D eigenvalue weighted by atomic mass is 9.31. The Kier molecular flexibility index (Phi) is 6.20. The van der Waals surface area contributed by atoms with Crippen molar-refractivity contribution in [3.8, 4) is 28.3 Å². The van der Waals surface area contributed by atoms with Gasteiger partial charge >= 0.3 is 0 Å². The Balaban J connectivity index is 1.03. The summed E-state index contributed by atoms with van der Waals surface area (Å²) >= 11 is 3.01. The second-order valence-electron chi connectivity index (χ2n) is 16.5. The van der Waals surface area contributed by atoms with Crippen LogP contribution in [0.5, 0.6) is 5.75 Å². The van der Waals surface area contributed by atoms with Crippen LogP contribution in [-0.4, -0.2) is 27.4 Å². The first-order chi connectivity index (χ1) is 29.8. The third-order valence-corrected chi connectivity index (χ3v) is 16.0. The zero-order chi connectivity index (χ0) is 38.8. The average molecular weight is 797 g/mol. The zero-order valence-corrected chi connectivity index (χ0v) is 33.8. The Morgan fingerprint density at radius 2 is 1.15 bits per heavy atom. The van der Waals surface area contributed by atoms with Gasteiger partial charge in [0.05, 0.1) is 22.2 Å². The molecule has 0 unspecified atom stereocenters. The number of aromatic nitrogens is 2. The van der Waals surface area contributed by atoms with Crippen LogP contribution in [-0.2, 0) is 0 Å². The molecule has 2 aromatic heterocycles. The molecule has 0 N–H and O–H groups in total. The Morgan fingerprint density at radius 3 is 1.93 bits per heavy atom. The molecule has 0 saturated carbocycles. The number of hydrogen-bond acceptors (Lipinski definition) is 2. The number of rotatable bonds is 2. The molecule has 15 rings (SSSR count). The first-order valence-corrected chi connectivity index (χ1v) is 22.4. The minimum absolute atomic E-state index is 0.0304. The molecule has 0 spiro atoms. The van der Waals surface area contributed by atoms with Crippen LogP contribution >= 0.6 is 23.1 Å². The summed E-state index contributed by atoms with van der Waals surface area (Å²) in [5.41, 5.74) is 20.7. The van der Waals surface area contributed by atoms with Gasteiger partial charge in [0.25, 0.3) is 6.71 Å². The van der Waals surface area contributed by atoms with Crippen molar-refractivity contribution in [3.63, 3.8) is 0 Å². The number of thiol groups is 1. The molecule has 0 aliphatic carbocycles. The lowest BCUT2D eigenvalue weighted by Crippen LogP contribution is -2.60. The molecule has 276 valence electrons. The number of benzene rings is 8. The van der Waals surface area contributed by atoms with Gasteiger partial charge in [-0.15, -0.1) is 11.4 Å². The molecule has 0 bridgehead atoms. The van der Waals surface area contributed by atoms with Crippen LogP contribution in [0.1, 0.15) is 16.8 Å². The van der Waals surface area contributed by atoms with Gasteiger partial charge in [0.15, 0.2) is 5.09 Å². The first-order valence-electron chi connectivity index (χ1n) is 20.7. The van der Waals surface area contributed by atoms with Gasteiger partial charge in [-0.1, -0.05) is 157 Å². The molecule has 0 amide bonds. The molecule has 0 atom stereocenters. The number of fused-ring (bicyclic) bond motifs is 16. The van der Waals surface area contributed by atoms with Crippen molar-refractivity contribution < 1.29 is 4.74 Å². The van der Waals surface area contributed by atoms with Gasteiger partial charge in [-0.05, 0) is 74.9 Å². The lowest BCUT2D eigenvalue weighted by Gasteiger charge is -2.38. The van der Waals surface area contributed by atoms with E-state index in [0.29, 0.717) is 0 Å². The molecule has 7 heteroatoms. The van der Waals surface area contributed by atoms with Crippen LogP contribution in [0, 0.1) is 0 Å². The maximum absolute atomic E-state index is 7.34. The quantitative estimate of drug-likeness (QED) is 0.107. The van der Waals surface area contributed by atoms with E-state index >= 15 is 0 Å². The third kappa shape index (κ3) is 3.96. The molecule has 0 radical (unpaired) electrons. The van der Waals surface area contributed by atoms with E-state index in [1.54, 1.807) is 0 Å². The van der Waals surface area contributed by atoms with Crippen molar-refractivity contribution >= 4 is 107 Å². The van der Waals surface area contributed by atoms with Crippen LogP contribution in [0.3, 0.4) is 0 Å². The highest BCUT2D eigenvalue weighted by Crippen LogP contribution is 2.49. The molecule has 8 aromatic carbocycles. The van der Waals surface area contributed by atoms with E-state index in [4.69, 9.17) is 4.74 Å². The van der Waals surface area contributed by atoms with Gasteiger partial charge in [0.1, 0.15) is 5.75 Å². The van der Waals surface area contributed by atoms with Gasteiger partial charge in [-0.3, -0.25) is 0 Å². The Labute approximate surface area is 354 Å². The van der Waals surface area contributed by atoms with Crippen molar-refractivity contribution in [1.82, 2.24) is 9.13 Å². The molecule has 60 heavy (non-hydrogen) atoms. The topological polar surface area (TPSA) is 19.1 Å². The van der Waals surface area contributed by atoms with E-state index in [2.05, 4.69) is 185 Å². The number of hydrogen-bond donors (Lipinski definition) is 1. The fourth-order valence-corrected chi connectivity index (χ4v) is 13.9. The highest BCUT2D eigenvalue weighted by Gasteiger charge is 2.47. The lowest BCUT2D eigenvalue weighted by molar-refractivity contribution is 0.470. The number of para-hydroxylation sites is 4. The normalized spacial score (nSPS) is 14.8. The van der Waals surface area contributed by atoms with Crippen molar-refractivity contribution in [3.05, 3.63) is 198 Å². The molecule has 7 heterocycles. The van der Waals surface area contributed by atoms with Crippen molar-refractivity contribution in [1.29, 1.82) is 0 Å². The van der Waals surface area contributed by atoms with E-state index in [1.807, 2.05) is 11.8 Å². The Hall–Kier alpha value is -6.66. The standard InChI is InChI=1S/C53H30B2N2OS2/c1-3-15-30(16-4-1)34-27-45-48-50-46(34)32-19-7-11-23-39(32)56(50)42-26-14-10-22-36(42)55(48)38-28-37-43(29-44(38)59-45)58-53-49-51-47(52(60-53)31-17-5-2-6-18-31)33-20-8-12-24-40(33)57(51)41-25-13-9-21-35(41)54(37)49/h1-29,60H. The van der Waals surface area contributed by atoms with E-state index in [0.717, 1.165) is 22.2 Å². The molecule has 0 saturated heterocycles. The molecule has 3 nitrogen and oxygen atoms in total. The highest BCUT2D eigenvalue weighted by molar-refractivity contribution is 8.03. The molecule has 10 aromatic rings. The van der Waals surface area contributed by atoms with Crippen LogP contribution in [0.15, 0.2) is 191 Å². The number of nitrogens with zero attached hydrogens (tertiary/aromatic N) is 2. The van der Waals surface area contributed by atoms with E-state index in [9.17, 15) is 0 Å². The summed E-state index contributed by atoms with van der Waals surface area (Å²) in [5.74, 6) is 0.971. The largest absolute Gasteiger partial charge is 0.452 e. The van der Waals surface area contributed by atoms with Gasteiger partial charge in [-0.25, -0.2) is 0 Å². The van der Waals surface area contributed by atoms with Crippen molar-refractivity contribution in [2.24, 2.45) is 0 Å². The summed E-state index contributed by atoms with van der Waals surface area (Å²) in [7, 11) is 0. The minimum atomic E-state index is 0.0304. The predicted octanol–water partition coefficient (Wildman–Crippen LogP) is 8.96. The smallest absolute Gasteiger partial charge is 0.257 e. The monoisotopic (exact) mass is 796 g/mol. The summed E-state index contributed by atoms with van der Waals surface area (Å²) in [6.07, 6.45) is 0. The van der Waals surface area contributed by atoms with Gasteiger partial charge in [-0.2, -0.15) is 0 Å². The zero-order valence-electron chi connectivity index (χ0n) is 32.1. The van der Waals surface area contributed by atoms with Crippen LogP contribution in [0.2, 0.25) is 0 Å².